The number of sulfone groups is 1. The number of benzene rings is 1. The van der Waals surface area contributed by atoms with Crippen LogP contribution in [0.25, 0.3) is 0 Å². The third-order valence-corrected chi connectivity index (χ3v) is 7.30. The van der Waals surface area contributed by atoms with Gasteiger partial charge in [-0.05, 0) is 50.0 Å². The molecule has 9 heteroatoms. The van der Waals surface area contributed by atoms with Crippen LogP contribution in [0.15, 0.2) is 18.2 Å². The molecule has 2 heterocycles. The number of rotatable bonds is 5. The molecule has 0 amide bonds. The molecule has 27 heavy (non-hydrogen) atoms. The number of carbonyl (C=O) groups is 1. The number of halogens is 2. The summed E-state index contributed by atoms with van der Waals surface area (Å²) < 4.78 is 35.1. The molecule has 0 spiro atoms. The minimum absolute atomic E-state index is 0.0309. The van der Waals surface area contributed by atoms with Crippen LogP contribution >= 0.6 is 23.2 Å². The number of hydrogen-bond acceptors (Lipinski definition) is 6. The van der Waals surface area contributed by atoms with Crippen molar-refractivity contribution in [3.05, 3.63) is 28.2 Å². The lowest BCUT2D eigenvalue weighted by Gasteiger charge is -2.36. The van der Waals surface area contributed by atoms with Crippen LogP contribution in [0.2, 0.25) is 10.0 Å². The average molecular weight is 436 g/mol. The third kappa shape index (κ3) is 5.50. The fourth-order valence-electron chi connectivity index (χ4n) is 3.54. The molecule has 2 fully saturated rings. The van der Waals surface area contributed by atoms with Crippen molar-refractivity contribution in [3.8, 4) is 5.75 Å². The lowest BCUT2D eigenvalue weighted by atomic mass is 9.97. The highest BCUT2D eigenvalue weighted by molar-refractivity contribution is 7.91. The molecule has 0 bridgehead atoms. The summed E-state index contributed by atoms with van der Waals surface area (Å²) in [7, 11) is -3.23. The molecule has 0 saturated carbocycles. The predicted molar refractivity (Wildman–Crippen MR) is 104 cm³/mol. The molecule has 1 aromatic rings. The van der Waals surface area contributed by atoms with E-state index in [0.717, 1.165) is 25.9 Å². The van der Waals surface area contributed by atoms with Crippen LogP contribution in [0, 0.1) is 5.92 Å². The summed E-state index contributed by atoms with van der Waals surface area (Å²) >= 11 is 11.8. The van der Waals surface area contributed by atoms with Crippen LogP contribution < -0.4 is 4.74 Å². The smallest absolute Gasteiger partial charge is 0.344 e. The second-order valence-electron chi connectivity index (χ2n) is 7.25. The van der Waals surface area contributed by atoms with E-state index < -0.39 is 21.9 Å². The van der Waals surface area contributed by atoms with Crippen LogP contribution in [0.1, 0.15) is 19.8 Å². The molecule has 1 aromatic carbocycles. The van der Waals surface area contributed by atoms with E-state index in [-0.39, 0.29) is 24.2 Å². The number of nitrogens with zero attached hydrogens (tertiary/aromatic N) is 1. The quantitative estimate of drug-likeness (QED) is 0.661. The molecule has 2 aliphatic heterocycles. The van der Waals surface area contributed by atoms with Crippen molar-refractivity contribution in [2.75, 3.05) is 31.2 Å². The van der Waals surface area contributed by atoms with Crippen molar-refractivity contribution in [1.82, 2.24) is 4.90 Å². The number of esters is 1. The van der Waals surface area contributed by atoms with Gasteiger partial charge in [0.1, 0.15) is 11.9 Å². The summed E-state index contributed by atoms with van der Waals surface area (Å²) in [4.78, 5) is 14.4. The highest BCUT2D eigenvalue weighted by Gasteiger charge is 2.43. The fourth-order valence-corrected chi connectivity index (χ4v) is 5.88. The maximum atomic E-state index is 12.2. The zero-order valence-corrected chi connectivity index (χ0v) is 17.4. The van der Waals surface area contributed by atoms with Crippen molar-refractivity contribution < 1.29 is 22.7 Å². The van der Waals surface area contributed by atoms with Gasteiger partial charge >= 0.3 is 5.97 Å². The first-order valence-electron chi connectivity index (χ1n) is 8.95. The first-order valence-corrected chi connectivity index (χ1v) is 11.5. The molecule has 150 valence electrons. The Morgan fingerprint density at radius 2 is 1.93 bits per heavy atom. The Labute approximate surface area is 169 Å². The molecule has 2 saturated heterocycles. The number of carbonyl (C=O) groups excluding carboxylic acids is 1. The SMILES string of the molecule is CC1CCN(C2CS(=O)(=O)CC2OC(=O)COc2ccc(Cl)cc2Cl)CC1. The van der Waals surface area contributed by atoms with E-state index in [2.05, 4.69) is 11.8 Å². The van der Waals surface area contributed by atoms with Gasteiger partial charge in [-0.15, -0.1) is 0 Å². The van der Waals surface area contributed by atoms with Gasteiger partial charge in [-0.25, -0.2) is 13.2 Å². The van der Waals surface area contributed by atoms with E-state index in [1.165, 1.54) is 6.07 Å². The van der Waals surface area contributed by atoms with Crippen LogP contribution in [-0.4, -0.2) is 62.6 Å². The summed E-state index contributed by atoms with van der Waals surface area (Å²) in [5.41, 5.74) is 0. The maximum absolute atomic E-state index is 12.2. The van der Waals surface area contributed by atoms with Crippen LogP contribution in [0.3, 0.4) is 0 Å². The van der Waals surface area contributed by atoms with Crippen molar-refractivity contribution in [3.63, 3.8) is 0 Å². The minimum Gasteiger partial charge on any atom is -0.480 e. The van der Waals surface area contributed by atoms with E-state index in [0.29, 0.717) is 21.7 Å². The molecule has 3 rings (SSSR count). The lowest BCUT2D eigenvalue weighted by Crippen LogP contribution is -2.48. The Morgan fingerprint density at radius 1 is 1.22 bits per heavy atom. The van der Waals surface area contributed by atoms with Crippen LogP contribution in [0.4, 0.5) is 0 Å². The van der Waals surface area contributed by atoms with Crippen molar-refractivity contribution in [2.45, 2.75) is 31.9 Å². The minimum atomic E-state index is -3.23. The Kier molecular flexibility index (Phi) is 6.56. The Bertz CT molecular complexity index is 793. The van der Waals surface area contributed by atoms with Crippen molar-refractivity contribution >= 4 is 39.0 Å². The number of ether oxygens (including phenoxy) is 2. The van der Waals surface area contributed by atoms with Crippen LogP contribution in [0.5, 0.6) is 5.75 Å². The molecular weight excluding hydrogens is 413 g/mol. The molecule has 2 atom stereocenters. The van der Waals surface area contributed by atoms with Gasteiger partial charge in [0, 0.05) is 5.02 Å². The summed E-state index contributed by atoms with van der Waals surface area (Å²) in [6, 6.07) is 4.40. The van der Waals surface area contributed by atoms with Gasteiger partial charge in [-0.2, -0.15) is 0 Å². The van der Waals surface area contributed by atoms with Gasteiger partial charge < -0.3 is 9.47 Å². The fraction of sp³-hybridized carbons (Fsp3) is 0.611. The van der Waals surface area contributed by atoms with Crippen LogP contribution in [-0.2, 0) is 19.4 Å². The molecule has 2 unspecified atom stereocenters. The Morgan fingerprint density at radius 3 is 2.59 bits per heavy atom. The van der Waals surface area contributed by atoms with E-state index in [4.69, 9.17) is 32.7 Å². The first-order chi connectivity index (χ1) is 12.7. The second-order valence-corrected chi connectivity index (χ2v) is 10.3. The Balaban J connectivity index is 1.59. The predicted octanol–water partition coefficient (Wildman–Crippen LogP) is 2.81. The summed E-state index contributed by atoms with van der Waals surface area (Å²) in [5, 5.41) is 0.754. The van der Waals surface area contributed by atoms with Gasteiger partial charge in [0.25, 0.3) is 0 Å². The van der Waals surface area contributed by atoms with Crippen molar-refractivity contribution in [2.24, 2.45) is 5.92 Å². The van der Waals surface area contributed by atoms with Gasteiger partial charge in [-0.1, -0.05) is 30.1 Å². The first kappa shape index (κ1) is 20.7. The topological polar surface area (TPSA) is 72.9 Å². The zero-order chi connectivity index (χ0) is 19.6. The van der Waals surface area contributed by atoms with Gasteiger partial charge in [0.05, 0.1) is 22.6 Å². The van der Waals surface area contributed by atoms with Crippen molar-refractivity contribution in [1.29, 1.82) is 0 Å². The summed E-state index contributed by atoms with van der Waals surface area (Å²) in [6.45, 7) is 3.50. The molecular formula is C18H23Cl2NO5S. The van der Waals surface area contributed by atoms with E-state index in [9.17, 15) is 13.2 Å². The van der Waals surface area contributed by atoms with E-state index in [1.807, 2.05) is 0 Å². The molecule has 0 aromatic heterocycles. The summed E-state index contributed by atoms with van der Waals surface area (Å²) in [5.74, 6) is 0.232. The molecule has 2 aliphatic rings. The standard InChI is InChI=1S/C18H23Cl2NO5S/c1-12-4-6-21(7-5-12)15-10-27(23,24)11-17(15)26-18(22)9-25-16-3-2-13(19)8-14(16)20/h2-3,8,12,15,17H,4-7,9-11H2,1H3. The number of hydrogen-bond donors (Lipinski definition) is 0. The lowest BCUT2D eigenvalue weighted by molar-refractivity contribution is -0.153. The molecule has 0 N–H and O–H groups in total. The third-order valence-electron chi connectivity index (χ3n) is 5.08. The van der Waals surface area contributed by atoms with Gasteiger partial charge in [0.2, 0.25) is 0 Å². The van der Waals surface area contributed by atoms with E-state index in [1.54, 1.807) is 12.1 Å². The molecule has 0 radical (unpaired) electrons. The monoisotopic (exact) mass is 435 g/mol. The summed E-state index contributed by atoms with van der Waals surface area (Å²) in [6.07, 6.45) is 1.38. The maximum Gasteiger partial charge on any atom is 0.344 e. The molecule has 6 nitrogen and oxygen atoms in total. The largest absolute Gasteiger partial charge is 0.480 e. The van der Waals surface area contributed by atoms with E-state index >= 15 is 0 Å². The number of piperidine rings is 1. The molecule has 0 aliphatic carbocycles. The highest BCUT2D eigenvalue weighted by Crippen LogP contribution is 2.28. The zero-order valence-electron chi connectivity index (χ0n) is 15.1. The normalized spacial score (nSPS) is 26.0. The highest BCUT2D eigenvalue weighted by atomic mass is 35.5. The average Bonchev–Trinajstić information content (AvgIpc) is 2.89. The Hall–Kier alpha value is -1.02. The van der Waals surface area contributed by atoms with Gasteiger partial charge in [-0.3, -0.25) is 4.90 Å². The number of likely N-dealkylation sites (tertiary alicyclic amines) is 1. The van der Waals surface area contributed by atoms with Gasteiger partial charge in [0.15, 0.2) is 16.4 Å². The second kappa shape index (κ2) is 8.55.